The summed E-state index contributed by atoms with van der Waals surface area (Å²) in [7, 11) is 1.47. The van der Waals surface area contributed by atoms with Gasteiger partial charge in [-0.05, 0) is 24.2 Å². The molecule has 0 radical (unpaired) electrons. The molecule has 0 saturated carbocycles. The van der Waals surface area contributed by atoms with Crippen LogP contribution in [0.3, 0.4) is 0 Å². The van der Waals surface area contributed by atoms with Gasteiger partial charge < -0.3 is 14.2 Å². The lowest BCUT2D eigenvalue weighted by atomic mass is 10.2. The molecule has 0 aliphatic rings. The largest absolute Gasteiger partial charge is 0.479 e. The minimum Gasteiger partial charge on any atom is -0.479 e. The molecule has 2 rings (SSSR count). The summed E-state index contributed by atoms with van der Waals surface area (Å²) in [6.07, 6.45) is 0. The number of ether oxygens (including phenoxy) is 1. The number of hydrogen-bond acceptors (Lipinski definition) is 4. The molecule has 5 nitrogen and oxygen atoms in total. The molecule has 2 aromatic rings. The Hall–Kier alpha value is -2.30. The van der Waals surface area contributed by atoms with Crippen molar-refractivity contribution in [1.82, 2.24) is 5.16 Å². The van der Waals surface area contributed by atoms with E-state index in [1.54, 1.807) is 4.90 Å². The monoisotopic (exact) mass is 246 g/mol. The Labute approximate surface area is 105 Å². The van der Waals surface area contributed by atoms with Crippen LogP contribution < -0.4 is 9.64 Å². The van der Waals surface area contributed by atoms with Crippen molar-refractivity contribution in [3.8, 4) is 5.88 Å². The van der Waals surface area contributed by atoms with Gasteiger partial charge >= 0.3 is 0 Å². The Bertz CT molecular complexity index is 522. The van der Waals surface area contributed by atoms with Crippen molar-refractivity contribution >= 4 is 11.6 Å². The van der Waals surface area contributed by atoms with Gasteiger partial charge in [0.05, 0.1) is 13.2 Å². The second-order valence-electron chi connectivity index (χ2n) is 3.62. The number of hydrogen-bond donors (Lipinski definition) is 0. The summed E-state index contributed by atoms with van der Waals surface area (Å²) >= 11 is 0. The maximum absolute atomic E-state index is 12.2. The van der Waals surface area contributed by atoms with Crippen molar-refractivity contribution < 1.29 is 14.1 Å². The molecule has 94 valence electrons. The minimum absolute atomic E-state index is 0.164. The van der Waals surface area contributed by atoms with Crippen LogP contribution in [0.1, 0.15) is 17.5 Å². The maximum atomic E-state index is 12.2. The topological polar surface area (TPSA) is 55.6 Å². The fourth-order valence-electron chi connectivity index (χ4n) is 1.64. The Morgan fingerprint density at radius 2 is 2.11 bits per heavy atom. The standard InChI is InChI=1S/C13H14N2O3/c1-3-15(10-7-5-4-6-8-10)13(16)11-9-12(17-2)14-18-11/h4-9H,3H2,1-2H3. The van der Waals surface area contributed by atoms with Crippen LogP contribution in [0.15, 0.2) is 40.9 Å². The van der Waals surface area contributed by atoms with E-state index in [0.29, 0.717) is 12.4 Å². The smallest absolute Gasteiger partial charge is 0.297 e. The second-order valence-corrected chi connectivity index (χ2v) is 3.62. The molecule has 1 amide bonds. The summed E-state index contributed by atoms with van der Waals surface area (Å²) in [6, 6.07) is 10.9. The van der Waals surface area contributed by atoms with E-state index in [-0.39, 0.29) is 11.7 Å². The molecule has 0 fully saturated rings. The minimum atomic E-state index is -0.237. The van der Waals surface area contributed by atoms with Gasteiger partial charge in [0.25, 0.3) is 11.8 Å². The average Bonchev–Trinajstić information content (AvgIpc) is 2.89. The van der Waals surface area contributed by atoms with Crippen LogP contribution in [0.4, 0.5) is 5.69 Å². The van der Waals surface area contributed by atoms with Crippen molar-refractivity contribution in [1.29, 1.82) is 0 Å². The zero-order valence-electron chi connectivity index (χ0n) is 10.3. The number of rotatable bonds is 4. The number of aromatic nitrogens is 1. The Morgan fingerprint density at radius 1 is 1.39 bits per heavy atom. The van der Waals surface area contributed by atoms with Crippen molar-refractivity contribution in [3.63, 3.8) is 0 Å². The van der Waals surface area contributed by atoms with Crippen LogP contribution >= 0.6 is 0 Å². The van der Waals surface area contributed by atoms with Crippen molar-refractivity contribution in [2.75, 3.05) is 18.6 Å². The van der Waals surface area contributed by atoms with Crippen molar-refractivity contribution in [2.45, 2.75) is 6.92 Å². The Morgan fingerprint density at radius 3 is 2.67 bits per heavy atom. The first kappa shape index (κ1) is 12.2. The second kappa shape index (κ2) is 5.35. The van der Waals surface area contributed by atoms with E-state index in [0.717, 1.165) is 5.69 Å². The highest BCUT2D eigenvalue weighted by Gasteiger charge is 2.20. The highest BCUT2D eigenvalue weighted by Crippen LogP contribution is 2.18. The van der Waals surface area contributed by atoms with Crippen LogP contribution in [0.5, 0.6) is 5.88 Å². The van der Waals surface area contributed by atoms with Gasteiger partial charge in [-0.2, -0.15) is 0 Å². The average molecular weight is 246 g/mol. The fraction of sp³-hybridized carbons (Fsp3) is 0.231. The van der Waals surface area contributed by atoms with Gasteiger partial charge in [-0.15, -0.1) is 0 Å². The molecular weight excluding hydrogens is 232 g/mol. The molecule has 0 bridgehead atoms. The van der Waals surface area contributed by atoms with E-state index >= 15 is 0 Å². The number of amides is 1. The quantitative estimate of drug-likeness (QED) is 0.831. The molecule has 1 aromatic carbocycles. The van der Waals surface area contributed by atoms with Crippen molar-refractivity contribution in [3.05, 3.63) is 42.2 Å². The summed E-state index contributed by atoms with van der Waals surface area (Å²) in [5, 5.41) is 3.62. The molecule has 0 aliphatic heterocycles. The summed E-state index contributed by atoms with van der Waals surface area (Å²) in [5.74, 6) is 0.222. The van der Waals surface area contributed by atoms with E-state index < -0.39 is 0 Å². The number of anilines is 1. The molecule has 18 heavy (non-hydrogen) atoms. The van der Waals surface area contributed by atoms with Gasteiger partial charge in [-0.3, -0.25) is 4.79 Å². The number of carbonyl (C=O) groups is 1. The van der Waals surface area contributed by atoms with Gasteiger partial charge in [0.15, 0.2) is 0 Å². The lowest BCUT2D eigenvalue weighted by Crippen LogP contribution is -2.30. The number of nitrogens with zero attached hydrogens (tertiary/aromatic N) is 2. The lowest BCUT2D eigenvalue weighted by molar-refractivity contribution is 0.0952. The molecule has 0 saturated heterocycles. The number of para-hydroxylation sites is 1. The van der Waals surface area contributed by atoms with Gasteiger partial charge in [-0.1, -0.05) is 18.2 Å². The first-order chi connectivity index (χ1) is 8.76. The lowest BCUT2D eigenvalue weighted by Gasteiger charge is -2.19. The zero-order valence-corrected chi connectivity index (χ0v) is 10.3. The van der Waals surface area contributed by atoms with Gasteiger partial charge in [0.2, 0.25) is 5.76 Å². The molecule has 0 N–H and O–H groups in total. The molecule has 5 heteroatoms. The molecule has 0 spiro atoms. The SMILES string of the molecule is CCN(C(=O)c1cc(OC)no1)c1ccccc1. The highest BCUT2D eigenvalue weighted by atomic mass is 16.5. The van der Waals surface area contributed by atoms with Gasteiger partial charge in [0, 0.05) is 12.2 Å². The third-order valence-electron chi connectivity index (χ3n) is 2.54. The van der Waals surface area contributed by atoms with E-state index in [9.17, 15) is 4.79 Å². The first-order valence-electron chi connectivity index (χ1n) is 5.64. The summed E-state index contributed by atoms with van der Waals surface area (Å²) < 4.78 is 9.84. The van der Waals surface area contributed by atoms with E-state index in [4.69, 9.17) is 9.26 Å². The summed E-state index contributed by atoms with van der Waals surface area (Å²) in [5.41, 5.74) is 0.820. The zero-order chi connectivity index (χ0) is 13.0. The van der Waals surface area contributed by atoms with Gasteiger partial charge in [0.1, 0.15) is 0 Å². The number of methoxy groups -OCH3 is 1. The number of carbonyl (C=O) groups excluding carboxylic acids is 1. The van der Waals surface area contributed by atoms with Crippen LogP contribution in [0.2, 0.25) is 0 Å². The van der Waals surface area contributed by atoms with Crippen LogP contribution in [0, 0.1) is 0 Å². The predicted octanol–water partition coefficient (Wildman–Crippen LogP) is 2.35. The Balaban J connectivity index is 2.25. The fourth-order valence-corrected chi connectivity index (χ4v) is 1.64. The van der Waals surface area contributed by atoms with Crippen LogP contribution in [-0.2, 0) is 0 Å². The molecule has 1 aromatic heterocycles. The molecule has 0 unspecified atom stereocenters. The summed E-state index contributed by atoms with van der Waals surface area (Å²) in [6.45, 7) is 2.45. The van der Waals surface area contributed by atoms with Crippen LogP contribution in [0.25, 0.3) is 0 Å². The molecule has 0 atom stereocenters. The third-order valence-corrected chi connectivity index (χ3v) is 2.54. The van der Waals surface area contributed by atoms with E-state index in [2.05, 4.69) is 5.16 Å². The normalized spacial score (nSPS) is 10.1. The molecule has 0 aliphatic carbocycles. The van der Waals surface area contributed by atoms with Crippen molar-refractivity contribution in [2.24, 2.45) is 0 Å². The maximum Gasteiger partial charge on any atom is 0.297 e. The molecule has 1 heterocycles. The first-order valence-corrected chi connectivity index (χ1v) is 5.64. The molecular formula is C13H14N2O3. The van der Waals surface area contributed by atoms with E-state index in [1.807, 2.05) is 37.3 Å². The van der Waals surface area contributed by atoms with E-state index in [1.165, 1.54) is 13.2 Å². The predicted molar refractivity (Wildman–Crippen MR) is 66.8 cm³/mol. The Kier molecular flexibility index (Phi) is 3.62. The third kappa shape index (κ3) is 2.34. The summed E-state index contributed by atoms with van der Waals surface area (Å²) in [4.78, 5) is 13.9. The highest BCUT2D eigenvalue weighted by molar-refractivity contribution is 6.04. The van der Waals surface area contributed by atoms with Crippen LogP contribution in [-0.4, -0.2) is 24.7 Å². The van der Waals surface area contributed by atoms with Gasteiger partial charge in [-0.25, -0.2) is 0 Å². The number of benzene rings is 1.